The van der Waals surface area contributed by atoms with Gasteiger partial charge in [0.2, 0.25) is 0 Å². The quantitative estimate of drug-likeness (QED) is 0.654. The van der Waals surface area contributed by atoms with E-state index in [-0.39, 0.29) is 18.4 Å². The van der Waals surface area contributed by atoms with Crippen LogP contribution in [0.2, 0.25) is 0 Å². The van der Waals surface area contributed by atoms with Crippen molar-refractivity contribution in [1.82, 2.24) is 9.97 Å². The first-order valence-electron chi connectivity index (χ1n) is 5.56. The molecule has 2 rings (SSSR count). The summed E-state index contributed by atoms with van der Waals surface area (Å²) in [5, 5.41) is 20.0. The zero-order valence-electron chi connectivity index (χ0n) is 10.5. The maximum atomic E-state index is 11.0. The second-order valence-corrected chi connectivity index (χ2v) is 3.70. The number of nitrogens with zero attached hydrogens (tertiary/aromatic N) is 3. The first-order chi connectivity index (χ1) is 9.65. The molecule has 1 aromatic carbocycles. The Hall–Kier alpha value is -2.74. The highest BCUT2D eigenvalue weighted by Crippen LogP contribution is 2.35. The Morgan fingerprint density at radius 3 is 2.45 bits per heavy atom. The number of aliphatic hydroxyl groups is 1. The van der Waals surface area contributed by atoms with Crippen molar-refractivity contribution in [3.05, 3.63) is 46.3 Å². The van der Waals surface area contributed by atoms with E-state index in [2.05, 4.69) is 9.97 Å². The molecule has 20 heavy (non-hydrogen) atoms. The van der Waals surface area contributed by atoms with Crippen LogP contribution in [0.25, 0.3) is 0 Å². The molecule has 0 saturated heterocycles. The van der Waals surface area contributed by atoms with Crippen molar-refractivity contribution in [3.63, 3.8) is 0 Å². The summed E-state index contributed by atoms with van der Waals surface area (Å²) in [7, 11) is 1.27. The smallest absolute Gasteiger partial charge is 0.392 e. The molecular weight excluding hydrogens is 266 g/mol. The normalized spacial score (nSPS) is 10.1. The number of nitro groups is 1. The van der Waals surface area contributed by atoms with Crippen LogP contribution in [0, 0.1) is 10.1 Å². The van der Waals surface area contributed by atoms with E-state index in [1.807, 2.05) is 0 Å². The first-order valence-corrected chi connectivity index (χ1v) is 5.56. The summed E-state index contributed by atoms with van der Waals surface area (Å²) in [4.78, 5) is 17.8. The number of benzene rings is 1. The third-order valence-corrected chi connectivity index (χ3v) is 2.45. The lowest BCUT2D eigenvalue weighted by Crippen LogP contribution is -2.01. The summed E-state index contributed by atoms with van der Waals surface area (Å²) < 4.78 is 10.2. The zero-order chi connectivity index (χ0) is 14.5. The van der Waals surface area contributed by atoms with Gasteiger partial charge in [0.25, 0.3) is 0 Å². The minimum Gasteiger partial charge on any atom is -0.476 e. The minimum atomic E-state index is -0.670. The molecule has 2 aromatic rings. The van der Waals surface area contributed by atoms with Gasteiger partial charge in [0.1, 0.15) is 12.1 Å². The summed E-state index contributed by atoms with van der Waals surface area (Å²) in [5.74, 6) is -0.0309. The molecule has 1 heterocycles. The monoisotopic (exact) mass is 277 g/mol. The van der Waals surface area contributed by atoms with Crippen LogP contribution in [0.15, 0.2) is 30.6 Å². The average molecular weight is 277 g/mol. The predicted molar refractivity (Wildman–Crippen MR) is 67.7 cm³/mol. The van der Waals surface area contributed by atoms with Gasteiger partial charge in [0.05, 0.1) is 18.6 Å². The maximum Gasteiger partial charge on any atom is 0.392 e. The van der Waals surface area contributed by atoms with Crippen molar-refractivity contribution >= 4 is 5.69 Å². The van der Waals surface area contributed by atoms with Crippen molar-refractivity contribution in [2.45, 2.75) is 6.61 Å². The van der Waals surface area contributed by atoms with Crippen LogP contribution in [-0.4, -0.2) is 27.1 Å². The molecule has 0 fully saturated rings. The highest BCUT2D eigenvalue weighted by Gasteiger charge is 2.25. The molecule has 0 radical (unpaired) electrons. The van der Waals surface area contributed by atoms with Gasteiger partial charge in [-0.2, -0.15) is 9.97 Å². The van der Waals surface area contributed by atoms with E-state index in [0.29, 0.717) is 11.3 Å². The van der Waals surface area contributed by atoms with Crippen LogP contribution in [-0.2, 0) is 6.61 Å². The van der Waals surface area contributed by atoms with E-state index in [1.165, 1.54) is 7.11 Å². The van der Waals surface area contributed by atoms with E-state index < -0.39 is 10.6 Å². The molecule has 0 unspecified atom stereocenters. The van der Waals surface area contributed by atoms with Gasteiger partial charge in [-0.1, -0.05) is 12.1 Å². The molecule has 1 N–H and O–H groups in total. The fraction of sp³-hybridized carbons (Fsp3) is 0.167. The van der Waals surface area contributed by atoms with E-state index in [0.717, 1.165) is 6.33 Å². The molecule has 104 valence electrons. The number of hydrogen-bond donors (Lipinski definition) is 1. The predicted octanol–water partition coefficient (Wildman–Crippen LogP) is 1.68. The van der Waals surface area contributed by atoms with Crippen molar-refractivity contribution in [1.29, 1.82) is 0 Å². The van der Waals surface area contributed by atoms with Crippen LogP contribution in [0.1, 0.15) is 5.56 Å². The first kappa shape index (κ1) is 13.7. The fourth-order valence-corrected chi connectivity index (χ4v) is 1.50. The Labute approximate surface area is 113 Å². The van der Waals surface area contributed by atoms with E-state index >= 15 is 0 Å². The molecule has 0 aliphatic carbocycles. The molecular formula is C12H11N3O5. The van der Waals surface area contributed by atoms with E-state index in [9.17, 15) is 10.1 Å². The molecule has 0 bridgehead atoms. The molecule has 0 aliphatic rings. The number of ether oxygens (including phenoxy) is 2. The number of rotatable bonds is 5. The second-order valence-electron chi connectivity index (χ2n) is 3.70. The summed E-state index contributed by atoms with van der Waals surface area (Å²) in [6.07, 6.45) is 1.11. The van der Waals surface area contributed by atoms with Crippen LogP contribution in [0.3, 0.4) is 0 Å². The van der Waals surface area contributed by atoms with Crippen LogP contribution >= 0.6 is 0 Å². The van der Waals surface area contributed by atoms with Crippen molar-refractivity contribution in [2.75, 3.05) is 7.11 Å². The van der Waals surface area contributed by atoms with Gasteiger partial charge in [0, 0.05) is 0 Å². The largest absolute Gasteiger partial charge is 0.476 e. The molecule has 0 aliphatic heterocycles. The number of aromatic nitrogens is 2. The third kappa shape index (κ3) is 2.81. The average Bonchev–Trinajstić information content (AvgIpc) is 2.47. The van der Waals surface area contributed by atoms with Crippen LogP contribution in [0.4, 0.5) is 5.69 Å². The fourth-order valence-electron chi connectivity index (χ4n) is 1.50. The van der Waals surface area contributed by atoms with Gasteiger partial charge in [-0.25, -0.2) is 0 Å². The molecule has 0 amide bonds. The topological polar surface area (TPSA) is 108 Å². The maximum absolute atomic E-state index is 11.0. The standard InChI is InChI=1S/C12H11N3O5/c1-19-11-10(15(17)18)12(14-7-13-11)20-9-4-2-8(6-16)3-5-9/h2-5,7,16H,6H2,1H3. The zero-order valence-corrected chi connectivity index (χ0v) is 10.5. The molecule has 0 atom stereocenters. The molecule has 0 saturated carbocycles. The highest BCUT2D eigenvalue weighted by molar-refractivity contribution is 5.50. The van der Waals surface area contributed by atoms with Gasteiger partial charge in [0.15, 0.2) is 0 Å². The van der Waals surface area contributed by atoms with E-state index in [1.54, 1.807) is 24.3 Å². The summed E-state index contributed by atoms with van der Waals surface area (Å²) in [5.41, 5.74) is 0.258. The number of hydrogen-bond acceptors (Lipinski definition) is 7. The molecule has 1 aromatic heterocycles. The van der Waals surface area contributed by atoms with Crippen molar-refractivity contribution in [3.8, 4) is 17.5 Å². The highest BCUT2D eigenvalue weighted by atomic mass is 16.6. The lowest BCUT2D eigenvalue weighted by atomic mass is 10.2. The third-order valence-electron chi connectivity index (χ3n) is 2.45. The molecule has 8 heteroatoms. The van der Waals surface area contributed by atoms with Gasteiger partial charge >= 0.3 is 17.4 Å². The van der Waals surface area contributed by atoms with Crippen LogP contribution in [0.5, 0.6) is 17.5 Å². The molecule has 8 nitrogen and oxygen atoms in total. The minimum absolute atomic E-state index is 0.0955. The van der Waals surface area contributed by atoms with Crippen molar-refractivity contribution in [2.24, 2.45) is 0 Å². The SMILES string of the molecule is COc1ncnc(Oc2ccc(CO)cc2)c1[N+](=O)[O-]. The van der Waals surface area contributed by atoms with Gasteiger partial charge in [-0.15, -0.1) is 0 Å². The lowest BCUT2D eigenvalue weighted by molar-refractivity contribution is -0.387. The van der Waals surface area contributed by atoms with Gasteiger partial charge in [-0.3, -0.25) is 10.1 Å². The Morgan fingerprint density at radius 2 is 1.90 bits per heavy atom. The van der Waals surface area contributed by atoms with Gasteiger partial charge < -0.3 is 14.6 Å². The summed E-state index contributed by atoms with van der Waals surface area (Å²) in [6, 6.07) is 6.42. The Balaban J connectivity index is 2.34. The Morgan fingerprint density at radius 1 is 1.25 bits per heavy atom. The Kier molecular flexibility index (Phi) is 4.06. The number of aliphatic hydroxyl groups excluding tert-OH is 1. The Bertz CT molecular complexity index is 615. The van der Waals surface area contributed by atoms with E-state index in [4.69, 9.17) is 14.6 Å². The number of methoxy groups -OCH3 is 1. The summed E-state index contributed by atoms with van der Waals surface area (Å²) in [6.45, 7) is -0.0955. The second kappa shape index (κ2) is 5.93. The molecule has 0 spiro atoms. The van der Waals surface area contributed by atoms with Gasteiger partial charge in [-0.05, 0) is 17.7 Å². The summed E-state index contributed by atoms with van der Waals surface area (Å²) >= 11 is 0. The lowest BCUT2D eigenvalue weighted by Gasteiger charge is -2.07. The van der Waals surface area contributed by atoms with Crippen molar-refractivity contribution < 1.29 is 19.5 Å². The van der Waals surface area contributed by atoms with Crippen LogP contribution < -0.4 is 9.47 Å².